The van der Waals surface area contributed by atoms with Gasteiger partial charge in [-0.05, 0) is 18.6 Å². The Bertz CT molecular complexity index is 591. The molecule has 10 heteroatoms. The molecule has 144 valence electrons. The van der Waals surface area contributed by atoms with Crippen molar-refractivity contribution in [3.63, 3.8) is 0 Å². The molecule has 0 fully saturated rings. The zero-order chi connectivity index (χ0) is 19.4. The topological polar surface area (TPSA) is 131 Å². The van der Waals surface area contributed by atoms with E-state index in [9.17, 15) is 9.82 Å². The maximum absolute atomic E-state index is 12.1. The maximum atomic E-state index is 12.1. The molecule has 1 aliphatic rings. The molecule has 0 saturated carbocycles. The summed E-state index contributed by atoms with van der Waals surface area (Å²) in [5.41, 5.74) is 5.37. The summed E-state index contributed by atoms with van der Waals surface area (Å²) >= 11 is 1.54. The van der Waals surface area contributed by atoms with Crippen LogP contribution in [0.15, 0.2) is 24.3 Å². The van der Waals surface area contributed by atoms with Crippen LogP contribution in [0, 0.1) is 0 Å². The van der Waals surface area contributed by atoms with Crippen molar-refractivity contribution in [3.05, 3.63) is 34.0 Å². The van der Waals surface area contributed by atoms with Gasteiger partial charge >= 0.3 is 7.12 Å². The Labute approximate surface area is 157 Å². The van der Waals surface area contributed by atoms with Crippen LogP contribution < -0.4 is 11.1 Å². The van der Waals surface area contributed by atoms with Crippen LogP contribution in [0.3, 0.4) is 0 Å². The molecule has 2 rings (SSSR count). The maximum Gasteiger partial charge on any atom is 0.478 e. The smallest absolute Gasteiger partial charge is 0.478 e. The van der Waals surface area contributed by atoms with Crippen molar-refractivity contribution >= 4 is 30.3 Å². The predicted octanol–water partition coefficient (Wildman–Crippen LogP) is 0.338. The molecule has 0 aliphatic carbocycles. The molecule has 0 bridgehead atoms. The number of hydrogen-bond donors (Lipinski definition) is 4. The van der Waals surface area contributed by atoms with Gasteiger partial charge in [0.25, 0.3) is 5.97 Å². The third-order valence-corrected chi connectivity index (χ3v) is 4.23. The molecule has 1 unspecified atom stereocenters. The summed E-state index contributed by atoms with van der Waals surface area (Å²) in [6, 6.07) is 3.88. The Kier molecular flexibility index (Phi) is 10.8. The van der Waals surface area contributed by atoms with Crippen molar-refractivity contribution in [2.24, 2.45) is 5.73 Å². The molecule has 1 aromatic rings. The molecule has 8 nitrogen and oxygen atoms in total. The van der Waals surface area contributed by atoms with Crippen LogP contribution in [0.25, 0.3) is 0 Å². The van der Waals surface area contributed by atoms with E-state index in [0.717, 1.165) is 16.7 Å². The summed E-state index contributed by atoms with van der Waals surface area (Å²) in [4.78, 5) is 23.1. The van der Waals surface area contributed by atoms with E-state index >= 15 is 0 Å². The number of carboxylic acid groups (broad SMARTS) is 1. The lowest BCUT2D eigenvalue weighted by molar-refractivity contribution is -0.134. The molecule has 0 aromatic carbocycles. The van der Waals surface area contributed by atoms with Crippen LogP contribution >= 0.6 is 11.3 Å². The van der Waals surface area contributed by atoms with E-state index in [-0.39, 0.29) is 12.3 Å². The number of aliphatic carboxylic acids is 1. The first-order chi connectivity index (χ1) is 12.4. The number of thiophene rings is 1. The number of nitrogens with one attached hydrogen (secondary N) is 1. The standard InChI is InChI=1S/C14H21BN2O4S.C2H4O2/c16-6-8-20-10-12-5-4-11(22-12)9-14(18)17-13-3-1-2-7-21-15(13)19;1-2(3)4/h1-2,4-5,13,19H,3,6-10,16H2,(H,17,18);1H3,(H,3,4). The fourth-order valence-corrected chi connectivity index (χ4v) is 3.05. The van der Waals surface area contributed by atoms with Crippen LogP contribution in [-0.4, -0.2) is 54.8 Å². The van der Waals surface area contributed by atoms with Crippen LogP contribution in [0.4, 0.5) is 0 Å². The number of carboxylic acids is 1. The minimum atomic E-state index is -0.970. The van der Waals surface area contributed by atoms with Crippen molar-refractivity contribution < 1.29 is 29.1 Å². The zero-order valence-electron chi connectivity index (χ0n) is 14.7. The van der Waals surface area contributed by atoms with Crippen LogP contribution in [0.1, 0.15) is 23.1 Å². The monoisotopic (exact) mass is 384 g/mol. The number of ether oxygens (including phenoxy) is 1. The van der Waals surface area contributed by atoms with Crippen LogP contribution in [-0.2, 0) is 32.0 Å². The molecular formula is C16H25BN2O6S. The van der Waals surface area contributed by atoms with E-state index in [1.165, 1.54) is 0 Å². The molecule has 1 amide bonds. The highest BCUT2D eigenvalue weighted by atomic mass is 32.1. The molecule has 1 aromatic heterocycles. The van der Waals surface area contributed by atoms with Gasteiger partial charge in [0, 0.05) is 29.8 Å². The lowest BCUT2D eigenvalue weighted by Crippen LogP contribution is -2.47. The Morgan fingerprint density at radius 2 is 2.12 bits per heavy atom. The van der Waals surface area contributed by atoms with Gasteiger partial charge in [-0.15, -0.1) is 11.3 Å². The quantitative estimate of drug-likeness (QED) is 0.303. The Balaban J connectivity index is 0.000000765. The normalized spacial score (nSPS) is 16.4. The summed E-state index contributed by atoms with van der Waals surface area (Å²) in [6.07, 6.45) is 4.59. The SMILES string of the molecule is CC(=O)O.NCCOCc1ccc(CC(=O)NC2CC=CCOB2O)s1. The summed E-state index contributed by atoms with van der Waals surface area (Å²) in [5.74, 6) is -1.36. The molecular weight excluding hydrogens is 359 g/mol. The largest absolute Gasteiger partial charge is 0.481 e. The Morgan fingerprint density at radius 1 is 1.42 bits per heavy atom. The summed E-state index contributed by atoms with van der Waals surface area (Å²) in [7, 11) is -0.970. The second-order valence-corrected chi connectivity index (χ2v) is 6.76. The fraction of sp³-hybridized carbons (Fsp3) is 0.500. The van der Waals surface area contributed by atoms with Gasteiger partial charge in [0.15, 0.2) is 0 Å². The highest BCUT2D eigenvalue weighted by Gasteiger charge is 2.28. The van der Waals surface area contributed by atoms with Crippen LogP contribution in [0.5, 0.6) is 0 Å². The summed E-state index contributed by atoms with van der Waals surface area (Å²) in [6.45, 7) is 3.00. The molecule has 2 heterocycles. The van der Waals surface area contributed by atoms with E-state index in [2.05, 4.69) is 5.32 Å². The molecule has 0 saturated heterocycles. The molecule has 1 atom stereocenters. The van der Waals surface area contributed by atoms with E-state index < -0.39 is 19.0 Å². The van der Waals surface area contributed by atoms with E-state index in [1.54, 1.807) is 11.3 Å². The molecule has 26 heavy (non-hydrogen) atoms. The van der Waals surface area contributed by atoms with Gasteiger partial charge < -0.3 is 30.6 Å². The van der Waals surface area contributed by atoms with Crippen molar-refractivity contribution in [1.29, 1.82) is 0 Å². The Hall–Kier alpha value is -1.72. The van der Waals surface area contributed by atoms with Crippen molar-refractivity contribution in [3.8, 4) is 0 Å². The summed E-state index contributed by atoms with van der Waals surface area (Å²) in [5, 5.41) is 20.0. The zero-order valence-corrected chi connectivity index (χ0v) is 15.5. The van der Waals surface area contributed by atoms with Crippen molar-refractivity contribution in [1.82, 2.24) is 5.32 Å². The first kappa shape index (κ1) is 22.3. The van der Waals surface area contributed by atoms with Gasteiger partial charge in [0.1, 0.15) is 0 Å². The number of carbonyl (C=O) groups is 2. The van der Waals surface area contributed by atoms with Crippen molar-refractivity contribution in [2.75, 3.05) is 19.8 Å². The van der Waals surface area contributed by atoms with Gasteiger partial charge in [-0.25, -0.2) is 0 Å². The second-order valence-electron chi connectivity index (χ2n) is 5.51. The van der Waals surface area contributed by atoms with Crippen LogP contribution in [0.2, 0.25) is 0 Å². The average molecular weight is 384 g/mol. The van der Waals surface area contributed by atoms with Gasteiger partial charge in [-0.2, -0.15) is 0 Å². The Morgan fingerprint density at radius 3 is 2.81 bits per heavy atom. The fourth-order valence-electron chi connectivity index (χ4n) is 2.09. The first-order valence-electron chi connectivity index (χ1n) is 8.21. The lowest BCUT2D eigenvalue weighted by atomic mass is 9.77. The number of amides is 1. The average Bonchev–Trinajstić information content (AvgIpc) is 2.90. The van der Waals surface area contributed by atoms with E-state index in [1.807, 2.05) is 24.3 Å². The van der Waals surface area contributed by atoms with E-state index in [4.69, 9.17) is 25.0 Å². The first-order valence-corrected chi connectivity index (χ1v) is 9.03. The second kappa shape index (κ2) is 12.6. The number of nitrogens with two attached hydrogens (primary N) is 1. The number of carbonyl (C=O) groups excluding carboxylic acids is 1. The molecule has 0 spiro atoms. The van der Waals surface area contributed by atoms with Gasteiger partial charge in [0.05, 0.1) is 25.6 Å². The number of hydrogen-bond acceptors (Lipinski definition) is 7. The van der Waals surface area contributed by atoms with Crippen molar-refractivity contribution in [2.45, 2.75) is 32.3 Å². The third kappa shape index (κ3) is 9.69. The molecule has 0 radical (unpaired) electrons. The highest BCUT2D eigenvalue weighted by molar-refractivity contribution is 7.12. The minimum Gasteiger partial charge on any atom is -0.481 e. The highest BCUT2D eigenvalue weighted by Crippen LogP contribution is 2.18. The van der Waals surface area contributed by atoms with E-state index in [0.29, 0.717) is 32.8 Å². The third-order valence-electron chi connectivity index (χ3n) is 3.17. The summed E-state index contributed by atoms with van der Waals surface area (Å²) < 4.78 is 10.5. The minimum absolute atomic E-state index is 0.126. The van der Waals surface area contributed by atoms with Gasteiger partial charge in [-0.1, -0.05) is 12.2 Å². The molecule has 1 aliphatic heterocycles. The molecule has 5 N–H and O–H groups in total. The van der Waals surface area contributed by atoms with Gasteiger partial charge in [0.2, 0.25) is 5.91 Å². The van der Waals surface area contributed by atoms with Gasteiger partial charge in [-0.3, -0.25) is 9.59 Å². The lowest BCUT2D eigenvalue weighted by Gasteiger charge is -2.17. The number of rotatable bonds is 7. The predicted molar refractivity (Wildman–Crippen MR) is 99.7 cm³/mol.